The van der Waals surface area contributed by atoms with Crippen molar-refractivity contribution in [1.82, 2.24) is 4.98 Å². The summed E-state index contributed by atoms with van der Waals surface area (Å²) in [6.07, 6.45) is 5.22. The van der Waals surface area contributed by atoms with Crippen LogP contribution >= 0.6 is 23.1 Å². The van der Waals surface area contributed by atoms with Crippen molar-refractivity contribution >= 4 is 34.5 Å². The summed E-state index contributed by atoms with van der Waals surface area (Å²) >= 11 is 3.38. The molecule has 1 aromatic rings. The van der Waals surface area contributed by atoms with Gasteiger partial charge in [-0.3, -0.25) is 4.79 Å². The first kappa shape index (κ1) is 16.5. The van der Waals surface area contributed by atoms with Crippen LogP contribution in [0.15, 0.2) is 0 Å². The Morgan fingerprint density at radius 2 is 2.16 bits per heavy atom. The van der Waals surface area contributed by atoms with Crippen LogP contribution in [-0.4, -0.2) is 36.4 Å². The van der Waals surface area contributed by atoms with Gasteiger partial charge in [0, 0.05) is 13.1 Å². The Morgan fingerprint density at radius 3 is 2.68 bits per heavy atom. The molecule has 5 heteroatoms. The van der Waals surface area contributed by atoms with Gasteiger partial charge < -0.3 is 4.90 Å². The Kier molecular flexibility index (Phi) is 6.86. The summed E-state index contributed by atoms with van der Waals surface area (Å²) in [7, 11) is 2.07. The Hall–Kier alpha value is -0.550. The Morgan fingerprint density at radius 1 is 1.47 bits per heavy atom. The van der Waals surface area contributed by atoms with Gasteiger partial charge in [-0.2, -0.15) is 11.8 Å². The molecule has 0 N–H and O–H groups in total. The van der Waals surface area contributed by atoms with Gasteiger partial charge in [0.25, 0.3) is 0 Å². The van der Waals surface area contributed by atoms with E-state index in [0.717, 1.165) is 40.6 Å². The summed E-state index contributed by atoms with van der Waals surface area (Å²) in [6.45, 7) is 6.47. The fourth-order valence-corrected chi connectivity index (χ4v) is 3.42. The molecule has 3 nitrogen and oxygen atoms in total. The van der Waals surface area contributed by atoms with Crippen molar-refractivity contribution in [2.24, 2.45) is 0 Å². The van der Waals surface area contributed by atoms with Crippen molar-refractivity contribution in [2.45, 2.75) is 45.6 Å². The molecule has 2 atom stereocenters. The van der Waals surface area contributed by atoms with Crippen LogP contribution in [-0.2, 0) is 0 Å². The first-order chi connectivity index (χ1) is 9.04. The van der Waals surface area contributed by atoms with E-state index >= 15 is 0 Å². The second-order valence-electron chi connectivity index (χ2n) is 4.91. The first-order valence-corrected chi connectivity index (χ1v) is 8.93. The van der Waals surface area contributed by atoms with Gasteiger partial charge in [-0.15, -0.1) is 0 Å². The van der Waals surface area contributed by atoms with E-state index in [1.165, 1.54) is 11.3 Å². The minimum absolute atomic E-state index is 0.347. The molecular formula is C14H24N2OS2. The van der Waals surface area contributed by atoms with Crippen LogP contribution in [0.3, 0.4) is 0 Å². The normalized spacial score (nSPS) is 14.2. The third-order valence-corrected chi connectivity index (χ3v) is 5.29. The zero-order valence-electron chi connectivity index (χ0n) is 12.5. The number of hydrogen-bond donors (Lipinski definition) is 0. The number of thiazole rings is 1. The SMILES string of the molecule is CCC(C)c1nc(N(C)C(C)CCSC)sc1C=O. The van der Waals surface area contributed by atoms with Crippen molar-refractivity contribution < 1.29 is 4.79 Å². The molecule has 0 fully saturated rings. The minimum atomic E-state index is 0.347. The third kappa shape index (κ3) is 4.21. The molecule has 0 radical (unpaired) electrons. The van der Waals surface area contributed by atoms with Gasteiger partial charge >= 0.3 is 0 Å². The van der Waals surface area contributed by atoms with Crippen LogP contribution in [0.5, 0.6) is 0 Å². The van der Waals surface area contributed by atoms with Crippen molar-refractivity contribution in [3.05, 3.63) is 10.6 Å². The largest absolute Gasteiger partial charge is 0.348 e. The molecule has 1 aromatic heterocycles. The van der Waals surface area contributed by atoms with Crippen molar-refractivity contribution in [2.75, 3.05) is 24.0 Å². The molecule has 1 heterocycles. The van der Waals surface area contributed by atoms with Crippen LogP contribution in [0.4, 0.5) is 5.13 Å². The van der Waals surface area contributed by atoms with Gasteiger partial charge in [-0.05, 0) is 37.7 Å². The summed E-state index contributed by atoms with van der Waals surface area (Å²) in [5.74, 6) is 1.50. The van der Waals surface area contributed by atoms with Crippen LogP contribution in [0.1, 0.15) is 54.9 Å². The van der Waals surface area contributed by atoms with E-state index in [-0.39, 0.29) is 0 Å². The van der Waals surface area contributed by atoms with Crippen molar-refractivity contribution in [3.8, 4) is 0 Å². The van der Waals surface area contributed by atoms with Crippen LogP contribution in [0, 0.1) is 0 Å². The highest BCUT2D eigenvalue weighted by Crippen LogP contribution is 2.31. The smallest absolute Gasteiger partial charge is 0.186 e. The van der Waals surface area contributed by atoms with Crippen molar-refractivity contribution in [1.29, 1.82) is 0 Å². The van der Waals surface area contributed by atoms with E-state index in [1.807, 2.05) is 11.8 Å². The molecule has 0 aliphatic carbocycles. The molecular weight excluding hydrogens is 276 g/mol. The third-order valence-electron chi connectivity index (χ3n) is 3.56. The van der Waals surface area contributed by atoms with Crippen LogP contribution in [0.25, 0.3) is 0 Å². The molecule has 0 saturated carbocycles. The van der Waals surface area contributed by atoms with E-state index in [4.69, 9.17) is 0 Å². The summed E-state index contributed by atoms with van der Waals surface area (Å²) in [5.41, 5.74) is 0.960. The number of anilines is 1. The van der Waals surface area contributed by atoms with E-state index < -0.39 is 0 Å². The number of nitrogens with zero attached hydrogens (tertiary/aromatic N) is 2. The fraction of sp³-hybridized carbons (Fsp3) is 0.714. The zero-order chi connectivity index (χ0) is 14.4. The molecule has 2 unspecified atom stereocenters. The number of carbonyl (C=O) groups is 1. The average Bonchev–Trinajstić information content (AvgIpc) is 2.86. The number of thioether (sulfide) groups is 1. The van der Waals surface area contributed by atoms with Gasteiger partial charge in [0.2, 0.25) is 0 Å². The lowest BCUT2D eigenvalue weighted by Crippen LogP contribution is -2.29. The fourth-order valence-electron chi connectivity index (χ4n) is 1.78. The predicted molar refractivity (Wildman–Crippen MR) is 87.1 cm³/mol. The maximum absolute atomic E-state index is 11.2. The lowest BCUT2D eigenvalue weighted by molar-refractivity contribution is 0.112. The lowest BCUT2D eigenvalue weighted by Gasteiger charge is -2.24. The highest BCUT2D eigenvalue weighted by molar-refractivity contribution is 7.98. The maximum atomic E-state index is 11.2. The first-order valence-electron chi connectivity index (χ1n) is 6.72. The zero-order valence-corrected chi connectivity index (χ0v) is 14.1. The average molecular weight is 300 g/mol. The molecule has 0 aromatic carbocycles. The Bertz CT molecular complexity index is 406. The molecule has 0 aliphatic heterocycles. The number of rotatable bonds is 8. The van der Waals surface area contributed by atoms with Gasteiger partial charge in [0.15, 0.2) is 11.4 Å². The summed E-state index contributed by atoms with van der Waals surface area (Å²) in [5, 5.41) is 0.964. The van der Waals surface area contributed by atoms with E-state index in [2.05, 4.69) is 44.0 Å². The van der Waals surface area contributed by atoms with Gasteiger partial charge in [0.05, 0.1) is 10.6 Å². The Labute approximate surface area is 124 Å². The monoisotopic (exact) mass is 300 g/mol. The summed E-state index contributed by atoms with van der Waals surface area (Å²) < 4.78 is 0. The van der Waals surface area contributed by atoms with Gasteiger partial charge in [-0.25, -0.2) is 4.98 Å². The molecule has 0 bridgehead atoms. The van der Waals surface area contributed by atoms with Crippen molar-refractivity contribution in [3.63, 3.8) is 0 Å². The highest BCUT2D eigenvalue weighted by Gasteiger charge is 2.19. The van der Waals surface area contributed by atoms with E-state index in [1.54, 1.807) is 0 Å². The molecule has 0 amide bonds. The van der Waals surface area contributed by atoms with E-state index in [9.17, 15) is 4.79 Å². The number of hydrogen-bond acceptors (Lipinski definition) is 5. The summed E-state index contributed by atoms with van der Waals surface area (Å²) in [4.78, 5) is 18.8. The van der Waals surface area contributed by atoms with Gasteiger partial charge in [0.1, 0.15) is 0 Å². The summed E-state index contributed by atoms with van der Waals surface area (Å²) in [6, 6.07) is 0.447. The molecule has 1 rings (SSSR count). The minimum Gasteiger partial charge on any atom is -0.348 e. The lowest BCUT2D eigenvalue weighted by atomic mass is 10.0. The highest BCUT2D eigenvalue weighted by atomic mass is 32.2. The predicted octanol–water partition coefficient (Wildman–Crippen LogP) is 4.05. The second kappa shape index (κ2) is 7.90. The molecule has 0 aliphatic rings. The van der Waals surface area contributed by atoms with Crippen LogP contribution < -0.4 is 4.90 Å². The molecule has 0 saturated heterocycles. The standard InChI is InChI=1S/C14H24N2OS2/c1-6-10(2)13-12(9-17)19-14(15-13)16(4)11(3)7-8-18-5/h9-11H,6-8H2,1-5H3. The number of aldehydes is 1. The Balaban J connectivity index is 2.88. The number of carbonyl (C=O) groups excluding carboxylic acids is 1. The maximum Gasteiger partial charge on any atom is 0.186 e. The molecule has 19 heavy (non-hydrogen) atoms. The molecule has 0 spiro atoms. The number of aromatic nitrogens is 1. The van der Waals surface area contributed by atoms with Gasteiger partial charge in [-0.1, -0.05) is 25.2 Å². The van der Waals surface area contributed by atoms with E-state index in [0.29, 0.717) is 12.0 Å². The topological polar surface area (TPSA) is 33.2 Å². The van der Waals surface area contributed by atoms with Crippen LogP contribution in [0.2, 0.25) is 0 Å². The molecule has 108 valence electrons. The second-order valence-corrected chi connectivity index (χ2v) is 6.91. The quantitative estimate of drug-likeness (QED) is 0.678.